The summed E-state index contributed by atoms with van der Waals surface area (Å²) in [5, 5.41) is 49.9. The lowest BCUT2D eigenvalue weighted by Crippen LogP contribution is -2.66. The standard InChI is InChI=1S/C12H21NO8/c1-5(15)13-8-6(16)3-12(2,11(19)20)21-10(8)9(18)7(17)4-14/h6-10,14,16-18H,3-4H2,1-2H3,(H,13,15)(H,19,20)/t6-,7+,8+,9+,10+,12-/m0/s1. The Bertz CT molecular complexity index is 403. The maximum absolute atomic E-state index is 11.2. The van der Waals surface area contributed by atoms with Crippen molar-refractivity contribution < 1.29 is 39.9 Å². The zero-order valence-corrected chi connectivity index (χ0v) is 11.8. The Morgan fingerprint density at radius 1 is 1.43 bits per heavy atom. The summed E-state index contributed by atoms with van der Waals surface area (Å²) < 4.78 is 5.31. The van der Waals surface area contributed by atoms with Gasteiger partial charge < -0.3 is 35.6 Å². The van der Waals surface area contributed by atoms with E-state index in [0.29, 0.717) is 0 Å². The Morgan fingerprint density at radius 3 is 2.43 bits per heavy atom. The van der Waals surface area contributed by atoms with Crippen molar-refractivity contribution in [1.29, 1.82) is 0 Å². The number of carbonyl (C=O) groups is 2. The molecule has 0 spiro atoms. The highest BCUT2D eigenvalue weighted by molar-refractivity contribution is 5.77. The SMILES string of the molecule is CC(=O)N[C@H]1[C@H]([C@H](O)[C@H](O)CO)O[C@](C)(C(=O)O)C[C@@H]1O. The predicted octanol–water partition coefficient (Wildman–Crippen LogP) is -2.80. The van der Waals surface area contributed by atoms with Crippen LogP contribution in [0.25, 0.3) is 0 Å². The topological polar surface area (TPSA) is 157 Å². The third-order valence-corrected chi connectivity index (χ3v) is 3.50. The molecule has 1 aliphatic heterocycles. The van der Waals surface area contributed by atoms with Crippen LogP contribution in [0, 0.1) is 0 Å². The summed E-state index contributed by atoms with van der Waals surface area (Å²) in [6.07, 6.45) is -6.27. The van der Waals surface area contributed by atoms with Gasteiger partial charge >= 0.3 is 5.97 Å². The fraction of sp³-hybridized carbons (Fsp3) is 0.833. The van der Waals surface area contributed by atoms with Crippen molar-refractivity contribution in [2.75, 3.05) is 6.61 Å². The van der Waals surface area contributed by atoms with E-state index in [1.165, 1.54) is 13.8 Å². The number of rotatable bonds is 5. The van der Waals surface area contributed by atoms with Gasteiger partial charge in [-0.2, -0.15) is 0 Å². The summed E-state index contributed by atoms with van der Waals surface area (Å²) in [5.74, 6) is -1.87. The molecule has 0 unspecified atom stereocenters. The summed E-state index contributed by atoms with van der Waals surface area (Å²) in [4.78, 5) is 22.4. The second-order valence-electron chi connectivity index (χ2n) is 5.36. The van der Waals surface area contributed by atoms with Gasteiger partial charge in [-0.3, -0.25) is 4.79 Å². The van der Waals surface area contributed by atoms with Crippen LogP contribution >= 0.6 is 0 Å². The zero-order valence-electron chi connectivity index (χ0n) is 11.8. The van der Waals surface area contributed by atoms with E-state index in [2.05, 4.69) is 5.32 Å². The molecule has 1 rings (SSSR count). The van der Waals surface area contributed by atoms with Gasteiger partial charge in [0.15, 0.2) is 5.60 Å². The normalized spacial score (nSPS) is 35.8. The van der Waals surface area contributed by atoms with Gasteiger partial charge in [0.2, 0.25) is 5.91 Å². The lowest BCUT2D eigenvalue weighted by molar-refractivity contribution is -0.224. The van der Waals surface area contributed by atoms with E-state index in [0.717, 1.165) is 0 Å². The Morgan fingerprint density at radius 2 is 2.00 bits per heavy atom. The van der Waals surface area contributed by atoms with E-state index in [4.69, 9.17) is 14.9 Å². The number of amides is 1. The minimum Gasteiger partial charge on any atom is -0.479 e. The predicted molar refractivity (Wildman–Crippen MR) is 68.2 cm³/mol. The van der Waals surface area contributed by atoms with Gasteiger partial charge in [-0.15, -0.1) is 0 Å². The molecule has 0 aromatic carbocycles. The molecule has 0 saturated carbocycles. The average molecular weight is 307 g/mol. The quantitative estimate of drug-likeness (QED) is 0.318. The molecule has 122 valence electrons. The number of hydrogen-bond acceptors (Lipinski definition) is 7. The van der Waals surface area contributed by atoms with E-state index in [1.807, 2.05) is 0 Å². The average Bonchev–Trinajstić information content (AvgIpc) is 2.39. The van der Waals surface area contributed by atoms with Gasteiger partial charge in [-0.1, -0.05) is 0 Å². The molecule has 1 fully saturated rings. The van der Waals surface area contributed by atoms with Gasteiger partial charge in [0.1, 0.15) is 18.3 Å². The smallest absolute Gasteiger partial charge is 0.335 e. The molecule has 0 aromatic heterocycles. The van der Waals surface area contributed by atoms with E-state index < -0.39 is 54.5 Å². The minimum absolute atomic E-state index is 0.300. The maximum atomic E-state index is 11.2. The summed E-state index contributed by atoms with van der Waals surface area (Å²) in [7, 11) is 0. The van der Waals surface area contributed by atoms with E-state index in [9.17, 15) is 24.9 Å². The van der Waals surface area contributed by atoms with Crippen LogP contribution in [0.4, 0.5) is 0 Å². The highest BCUT2D eigenvalue weighted by Crippen LogP contribution is 2.31. The van der Waals surface area contributed by atoms with Crippen molar-refractivity contribution in [3.63, 3.8) is 0 Å². The van der Waals surface area contributed by atoms with Crippen LogP contribution in [-0.4, -0.2) is 80.1 Å². The van der Waals surface area contributed by atoms with Crippen molar-refractivity contribution in [2.24, 2.45) is 0 Å². The van der Waals surface area contributed by atoms with Gasteiger partial charge in [0, 0.05) is 13.3 Å². The second kappa shape index (κ2) is 6.67. The van der Waals surface area contributed by atoms with Crippen LogP contribution in [0.5, 0.6) is 0 Å². The number of aliphatic hydroxyl groups is 4. The van der Waals surface area contributed by atoms with Gasteiger partial charge in [-0.05, 0) is 6.92 Å². The molecule has 6 N–H and O–H groups in total. The Kier molecular flexibility index (Phi) is 5.65. The Hall–Kier alpha value is -1.26. The number of carbonyl (C=O) groups excluding carboxylic acids is 1. The zero-order chi connectivity index (χ0) is 16.4. The highest BCUT2D eigenvalue weighted by atomic mass is 16.6. The van der Waals surface area contributed by atoms with E-state index in [1.54, 1.807) is 0 Å². The third-order valence-electron chi connectivity index (χ3n) is 3.50. The first-order valence-electron chi connectivity index (χ1n) is 6.45. The molecule has 6 atom stereocenters. The summed E-state index contributed by atoms with van der Waals surface area (Å²) in [5.41, 5.74) is -1.78. The number of carboxylic acid groups (broad SMARTS) is 1. The molecule has 1 aliphatic rings. The first kappa shape index (κ1) is 17.8. The number of aliphatic hydroxyl groups excluding tert-OH is 4. The molecule has 0 aliphatic carbocycles. The molecular weight excluding hydrogens is 286 g/mol. The van der Waals surface area contributed by atoms with Gasteiger partial charge in [0.05, 0.1) is 18.8 Å². The van der Waals surface area contributed by atoms with Crippen LogP contribution in [0.3, 0.4) is 0 Å². The third kappa shape index (κ3) is 3.89. The van der Waals surface area contributed by atoms with Crippen LogP contribution in [0.2, 0.25) is 0 Å². The van der Waals surface area contributed by atoms with Gasteiger partial charge in [0.25, 0.3) is 0 Å². The lowest BCUT2D eigenvalue weighted by atomic mass is 9.84. The molecule has 1 heterocycles. The fourth-order valence-corrected chi connectivity index (χ4v) is 2.33. The summed E-state index contributed by atoms with van der Waals surface area (Å²) in [6, 6.07) is -1.11. The first-order valence-corrected chi connectivity index (χ1v) is 6.45. The molecule has 0 bridgehead atoms. The molecule has 0 aromatic rings. The van der Waals surface area contributed by atoms with Gasteiger partial charge in [-0.25, -0.2) is 4.79 Å². The monoisotopic (exact) mass is 307 g/mol. The molecule has 1 amide bonds. The highest BCUT2D eigenvalue weighted by Gasteiger charge is 2.51. The Labute approximate surface area is 121 Å². The minimum atomic E-state index is -1.78. The number of carboxylic acids is 1. The van der Waals surface area contributed by atoms with Crippen LogP contribution in [-0.2, 0) is 14.3 Å². The maximum Gasteiger partial charge on any atom is 0.335 e. The van der Waals surface area contributed by atoms with Crippen molar-refractivity contribution >= 4 is 11.9 Å². The van der Waals surface area contributed by atoms with E-state index >= 15 is 0 Å². The number of hydrogen-bond donors (Lipinski definition) is 6. The van der Waals surface area contributed by atoms with Crippen molar-refractivity contribution in [3.8, 4) is 0 Å². The van der Waals surface area contributed by atoms with Crippen LogP contribution in [0.15, 0.2) is 0 Å². The van der Waals surface area contributed by atoms with Crippen molar-refractivity contribution in [3.05, 3.63) is 0 Å². The summed E-state index contributed by atoms with van der Waals surface area (Å²) in [6.45, 7) is 1.62. The number of ether oxygens (including phenoxy) is 1. The summed E-state index contributed by atoms with van der Waals surface area (Å²) >= 11 is 0. The molecule has 1 saturated heterocycles. The number of nitrogens with one attached hydrogen (secondary N) is 1. The van der Waals surface area contributed by atoms with E-state index in [-0.39, 0.29) is 6.42 Å². The number of aliphatic carboxylic acids is 1. The van der Waals surface area contributed by atoms with Crippen molar-refractivity contribution in [2.45, 2.75) is 56.3 Å². The Balaban J connectivity index is 3.07. The van der Waals surface area contributed by atoms with Crippen LogP contribution < -0.4 is 5.32 Å². The second-order valence-corrected chi connectivity index (χ2v) is 5.36. The molecule has 21 heavy (non-hydrogen) atoms. The molecule has 0 radical (unpaired) electrons. The largest absolute Gasteiger partial charge is 0.479 e. The van der Waals surface area contributed by atoms with Crippen molar-refractivity contribution in [1.82, 2.24) is 5.32 Å². The molecule has 9 heteroatoms. The van der Waals surface area contributed by atoms with Crippen LogP contribution in [0.1, 0.15) is 20.3 Å². The first-order chi connectivity index (χ1) is 9.62. The molecular formula is C12H21NO8. The molecule has 9 nitrogen and oxygen atoms in total. The lowest BCUT2D eigenvalue weighted by Gasteiger charge is -2.45. The fourth-order valence-electron chi connectivity index (χ4n) is 2.33.